The standard InChI is InChI=1S/C24H16Cl2FIN2O3/c1-32-22-11-15(8-16(12-29)24(31)30-18-5-3-17(27)4-6-18)10-21(28)23(22)33-13-14-2-7-19(25)20(26)9-14/h2-11H,13H2,1H3,(H,30,31)/b16-8-. The van der Waals surface area contributed by atoms with Gasteiger partial charge in [-0.15, -0.1) is 0 Å². The number of rotatable bonds is 7. The number of methoxy groups -OCH3 is 1. The van der Waals surface area contributed by atoms with Crippen molar-refractivity contribution < 1.29 is 18.7 Å². The Morgan fingerprint density at radius 1 is 1.15 bits per heavy atom. The van der Waals surface area contributed by atoms with Crippen molar-refractivity contribution >= 4 is 63.5 Å². The summed E-state index contributed by atoms with van der Waals surface area (Å²) < 4.78 is 25.2. The first-order valence-electron chi connectivity index (χ1n) is 9.43. The van der Waals surface area contributed by atoms with E-state index in [1.165, 1.54) is 37.5 Å². The summed E-state index contributed by atoms with van der Waals surface area (Å²) in [4.78, 5) is 12.5. The molecule has 9 heteroatoms. The number of carbonyl (C=O) groups is 1. The lowest BCUT2D eigenvalue weighted by atomic mass is 10.1. The second-order valence-corrected chi connectivity index (χ2v) is 8.68. The Morgan fingerprint density at radius 3 is 2.52 bits per heavy atom. The van der Waals surface area contributed by atoms with Crippen LogP contribution in [0.4, 0.5) is 10.1 Å². The monoisotopic (exact) mass is 596 g/mol. The maximum Gasteiger partial charge on any atom is 0.266 e. The van der Waals surface area contributed by atoms with Gasteiger partial charge < -0.3 is 14.8 Å². The molecule has 0 aliphatic carbocycles. The fourth-order valence-electron chi connectivity index (χ4n) is 2.80. The van der Waals surface area contributed by atoms with E-state index in [1.54, 1.807) is 24.3 Å². The van der Waals surface area contributed by atoms with E-state index >= 15 is 0 Å². The summed E-state index contributed by atoms with van der Waals surface area (Å²) >= 11 is 14.1. The van der Waals surface area contributed by atoms with E-state index in [0.29, 0.717) is 32.8 Å². The SMILES string of the molecule is COc1cc(/C=C(/C#N)C(=O)Nc2ccc(F)cc2)cc(I)c1OCc1ccc(Cl)c(Cl)c1. The summed E-state index contributed by atoms with van der Waals surface area (Å²) in [7, 11) is 1.50. The highest BCUT2D eigenvalue weighted by atomic mass is 127. The molecule has 0 aliphatic heterocycles. The number of halogens is 4. The summed E-state index contributed by atoms with van der Waals surface area (Å²) in [6, 6.07) is 15.8. The van der Waals surface area contributed by atoms with Crippen LogP contribution in [-0.2, 0) is 11.4 Å². The topological polar surface area (TPSA) is 71.3 Å². The number of nitrogens with one attached hydrogen (secondary N) is 1. The average molecular weight is 597 g/mol. The quantitative estimate of drug-likeness (QED) is 0.184. The summed E-state index contributed by atoms with van der Waals surface area (Å²) in [5.74, 6) is -0.0924. The van der Waals surface area contributed by atoms with Crippen LogP contribution in [0.5, 0.6) is 11.5 Å². The molecule has 3 rings (SSSR count). The van der Waals surface area contributed by atoms with Crippen LogP contribution < -0.4 is 14.8 Å². The van der Waals surface area contributed by atoms with E-state index in [9.17, 15) is 14.4 Å². The number of anilines is 1. The third-order valence-corrected chi connectivity index (χ3v) is 5.94. The van der Waals surface area contributed by atoms with E-state index in [4.69, 9.17) is 32.7 Å². The van der Waals surface area contributed by atoms with Crippen LogP contribution in [0.1, 0.15) is 11.1 Å². The molecule has 0 saturated heterocycles. The molecule has 3 aromatic rings. The van der Waals surface area contributed by atoms with Crippen molar-refractivity contribution in [1.82, 2.24) is 0 Å². The first kappa shape index (κ1) is 24.8. The zero-order valence-electron chi connectivity index (χ0n) is 17.2. The molecule has 0 atom stereocenters. The highest BCUT2D eigenvalue weighted by molar-refractivity contribution is 14.1. The van der Waals surface area contributed by atoms with Crippen molar-refractivity contribution in [1.29, 1.82) is 5.26 Å². The lowest BCUT2D eigenvalue weighted by molar-refractivity contribution is -0.112. The van der Waals surface area contributed by atoms with Gasteiger partial charge in [0.05, 0.1) is 20.7 Å². The molecule has 0 saturated carbocycles. The van der Waals surface area contributed by atoms with Crippen molar-refractivity contribution in [2.75, 3.05) is 12.4 Å². The molecule has 0 unspecified atom stereocenters. The second-order valence-electron chi connectivity index (χ2n) is 6.70. The van der Waals surface area contributed by atoms with Crippen molar-refractivity contribution in [2.24, 2.45) is 0 Å². The van der Waals surface area contributed by atoms with Gasteiger partial charge in [0.2, 0.25) is 0 Å². The van der Waals surface area contributed by atoms with E-state index < -0.39 is 11.7 Å². The average Bonchev–Trinajstić information content (AvgIpc) is 2.80. The van der Waals surface area contributed by atoms with Crippen LogP contribution in [0.3, 0.4) is 0 Å². The lowest BCUT2D eigenvalue weighted by Gasteiger charge is -2.14. The minimum absolute atomic E-state index is 0.123. The van der Waals surface area contributed by atoms with Crippen LogP contribution in [-0.4, -0.2) is 13.0 Å². The fraction of sp³-hybridized carbons (Fsp3) is 0.0833. The number of hydrogen-bond acceptors (Lipinski definition) is 4. The summed E-state index contributed by atoms with van der Waals surface area (Å²) in [6.07, 6.45) is 1.44. The fourth-order valence-corrected chi connectivity index (χ4v) is 3.90. The first-order chi connectivity index (χ1) is 15.8. The number of nitriles is 1. The molecular formula is C24H16Cl2FIN2O3. The van der Waals surface area contributed by atoms with Gasteiger partial charge in [0.25, 0.3) is 5.91 Å². The van der Waals surface area contributed by atoms with Crippen LogP contribution in [0.25, 0.3) is 6.08 Å². The molecule has 0 aliphatic rings. The van der Waals surface area contributed by atoms with Crippen molar-refractivity contribution in [3.05, 3.63) is 90.7 Å². The number of hydrogen-bond donors (Lipinski definition) is 1. The van der Waals surface area contributed by atoms with E-state index in [-0.39, 0.29) is 12.2 Å². The number of ether oxygens (including phenoxy) is 2. The second kappa shape index (κ2) is 11.4. The molecule has 168 valence electrons. The molecule has 0 bridgehead atoms. The Labute approximate surface area is 213 Å². The van der Waals surface area contributed by atoms with Crippen LogP contribution in [0.2, 0.25) is 10.0 Å². The van der Waals surface area contributed by atoms with Gasteiger partial charge in [0, 0.05) is 5.69 Å². The predicted octanol–water partition coefficient (Wildman–Crippen LogP) is 6.87. The van der Waals surface area contributed by atoms with Crippen LogP contribution in [0.15, 0.2) is 60.2 Å². The summed E-state index contributed by atoms with van der Waals surface area (Å²) in [5, 5.41) is 12.9. The van der Waals surface area contributed by atoms with Gasteiger partial charge in [-0.3, -0.25) is 4.79 Å². The largest absolute Gasteiger partial charge is 0.493 e. The Kier molecular flexibility index (Phi) is 8.55. The number of amides is 1. The van der Waals surface area contributed by atoms with Crippen molar-refractivity contribution in [3.8, 4) is 17.6 Å². The molecule has 1 amide bonds. The van der Waals surface area contributed by atoms with E-state index in [2.05, 4.69) is 27.9 Å². The van der Waals surface area contributed by atoms with Crippen molar-refractivity contribution in [2.45, 2.75) is 6.61 Å². The zero-order valence-corrected chi connectivity index (χ0v) is 20.8. The number of carbonyl (C=O) groups excluding carboxylic acids is 1. The van der Waals surface area contributed by atoms with Gasteiger partial charge in [0.1, 0.15) is 24.1 Å². The minimum Gasteiger partial charge on any atom is -0.493 e. The van der Waals surface area contributed by atoms with Gasteiger partial charge >= 0.3 is 0 Å². The maximum atomic E-state index is 13.1. The molecule has 0 heterocycles. The zero-order chi connectivity index (χ0) is 24.0. The minimum atomic E-state index is -0.613. The molecule has 0 fully saturated rings. The lowest BCUT2D eigenvalue weighted by Crippen LogP contribution is -2.13. The Balaban J connectivity index is 1.81. The molecule has 0 spiro atoms. The van der Waals surface area contributed by atoms with E-state index in [1.807, 2.05) is 12.1 Å². The van der Waals surface area contributed by atoms with Crippen LogP contribution in [0, 0.1) is 20.7 Å². The van der Waals surface area contributed by atoms with Gasteiger partial charge in [-0.05, 0) is 88.3 Å². The van der Waals surface area contributed by atoms with Crippen molar-refractivity contribution in [3.63, 3.8) is 0 Å². The summed E-state index contributed by atoms with van der Waals surface area (Å²) in [5.41, 5.74) is 1.65. The number of nitrogens with zero attached hydrogens (tertiary/aromatic N) is 1. The van der Waals surface area contributed by atoms with Gasteiger partial charge in [-0.2, -0.15) is 5.26 Å². The highest BCUT2D eigenvalue weighted by Crippen LogP contribution is 2.35. The molecule has 0 radical (unpaired) electrons. The normalized spacial score (nSPS) is 11.0. The summed E-state index contributed by atoms with van der Waals surface area (Å²) in [6.45, 7) is 0.238. The molecular weight excluding hydrogens is 581 g/mol. The Hall–Kier alpha value is -2.80. The Morgan fingerprint density at radius 2 is 1.88 bits per heavy atom. The van der Waals surface area contributed by atoms with Gasteiger partial charge in [-0.25, -0.2) is 4.39 Å². The molecule has 1 N–H and O–H groups in total. The molecule has 0 aromatic heterocycles. The third kappa shape index (κ3) is 6.60. The highest BCUT2D eigenvalue weighted by Gasteiger charge is 2.15. The first-order valence-corrected chi connectivity index (χ1v) is 11.3. The smallest absolute Gasteiger partial charge is 0.266 e. The predicted molar refractivity (Wildman–Crippen MR) is 135 cm³/mol. The third-order valence-electron chi connectivity index (χ3n) is 4.40. The Bertz CT molecular complexity index is 1260. The van der Waals surface area contributed by atoms with Crippen LogP contribution >= 0.6 is 45.8 Å². The van der Waals surface area contributed by atoms with E-state index in [0.717, 1.165) is 9.13 Å². The molecule has 5 nitrogen and oxygen atoms in total. The molecule has 3 aromatic carbocycles. The maximum absolute atomic E-state index is 13.1. The number of benzene rings is 3. The molecule has 33 heavy (non-hydrogen) atoms. The van der Waals surface area contributed by atoms with Gasteiger partial charge in [0.15, 0.2) is 11.5 Å². The van der Waals surface area contributed by atoms with Gasteiger partial charge in [-0.1, -0.05) is 29.3 Å².